The van der Waals surface area contributed by atoms with Gasteiger partial charge in [0.1, 0.15) is 0 Å². The topological polar surface area (TPSA) is 32.5 Å². The van der Waals surface area contributed by atoms with Crippen LogP contribution in [-0.4, -0.2) is 50.1 Å². The first-order valence-electron chi connectivity index (χ1n) is 7.34. The molecule has 20 heavy (non-hydrogen) atoms. The Bertz CT molecular complexity index is 407. The third kappa shape index (κ3) is 5.17. The molecular weight excluding hydrogens is 314 g/mol. The van der Waals surface area contributed by atoms with Crippen molar-refractivity contribution in [2.45, 2.75) is 26.3 Å². The molecule has 0 heterocycles. The molecule has 0 amide bonds. The Kier molecular flexibility index (Phi) is 7.74. The zero-order chi connectivity index (χ0) is 15.1. The van der Waals surface area contributed by atoms with Crippen molar-refractivity contribution in [3.8, 4) is 0 Å². The molecule has 0 aromatic heterocycles. The average Bonchev–Trinajstić information content (AvgIpc) is 2.39. The second-order valence-electron chi connectivity index (χ2n) is 5.56. The molecule has 4 heteroatoms. The van der Waals surface area contributed by atoms with Crippen LogP contribution in [0.5, 0.6) is 0 Å². The fraction of sp³-hybridized carbons (Fsp3) is 0.625. The van der Waals surface area contributed by atoms with Crippen LogP contribution in [0, 0.1) is 6.92 Å². The van der Waals surface area contributed by atoms with E-state index in [0.717, 1.165) is 19.6 Å². The summed E-state index contributed by atoms with van der Waals surface area (Å²) in [6, 6.07) is 6.82. The fourth-order valence-corrected chi connectivity index (χ4v) is 3.26. The van der Waals surface area contributed by atoms with Crippen molar-refractivity contribution < 1.29 is 0 Å². The zero-order valence-corrected chi connectivity index (χ0v) is 14.8. The second-order valence-corrected chi connectivity index (χ2v) is 6.42. The van der Waals surface area contributed by atoms with Crippen LogP contribution in [0.4, 0.5) is 0 Å². The van der Waals surface area contributed by atoms with Gasteiger partial charge >= 0.3 is 0 Å². The van der Waals surface area contributed by atoms with Crippen LogP contribution in [0.15, 0.2) is 22.7 Å². The van der Waals surface area contributed by atoms with Crippen LogP contribution in [0.2, 0.25) is 0 Å². The summed E-state index contributed by atoms with van der Waals surface area (Å²) < 4.78 is 1.17. The average molecular weight is 342 g/mol. The van der Waals surface area contributed by atoms with Crippen molar-refractivity contribution in [1.82, 2.24) is 9.80 Å². The zero-order valence-electron chi connectivity index (χ0n) is 13.2. The SMILES string of the molecule is CCN(CCCN(C)C)C(CN)c1ccc(C)cc1Br. The molecule has 0 fully saturated rings. The molecule has 0 radical (unpaired) electrons. The first kappa shape index (κ1) is 17.6. The van der Waals surface area contributed by atoms with Crippen LogP contribution in [0.25, 0.3) is 0 Å². The van der Waals surface area contributed by atoms with E-state index >= 15 is 0 Å². The van der Waals surface area contributed by atoms with E-state index in [-0.39, 0.29) is 6.04 Å². The standard InChI is InChI=1S/C16H28BrN3/c1-5-20(10-6-9-19(3)4)16(12-18)14-8-7-13(2)11-15(14)17/h7-8,11,16H,5-6,9-10,12,18H2,1-4H3. The second kappa shape index (κ2) is 8.78. The summed E-state index contributed by atoms with van der Waals surface area (Å²) in [5.74, 6) is 0. The highest BCUT2D eigenvalue weighted by Gasteiger charge is 2.19. The summed E-state index contributed by atoms with van der Waals surface area (Å²) >= 11 is 3.69. The Morgan fingerprint density at radius 1 is 1.25 bits per heavy atom. The molecule has 0 spiro atoms. The number of hydrogen-bond acceptors (Lipinski definition) is 3. The number of nitrogens with two attached hydrogens (primary N) is 1. The van der Waals surface area contributed by atoms with Gasteiger partial charge in [-0.15, -0.1) is 0 Å². The molecule has 0 aliphatic heterocycles. The molecule has 0 saturated carbocycles. The smallest absolute Gasteiger partial charge is 0.0481 e. The van der Waals surface area contributed by atoms with Gasteiger partial charge in [0.2, 0.25) is 0 Å². The summed E-state index contributed by atoms with van der Waals surface area (Å²) in [7, 11) is 4.24. The van der Waals surface area contributed by atoms with Crippen LogP contribution in [0.1, 0.15) is 30.5 Å². The van der Waals surface area contributed by atoms with Gasteiger partial charge in [-0.25, -0.2) is 0 Å². The van der Waals surface area contributed by atoms with E-state index in [4.69, 9.17) is 5.73 Å². The van der Waals surface area contributed by atoms with E-state index in [2.05, 4.69) is 71.9 Å². The van der Waals surface area contributed by atoms with Crippen molar-refractivity contribution in [3.05, 3.63) is 33.8 Å². The number of likely N-dealkylation sites (N-methyl/N-ethyl adjacent to an activating group) is 1. The lowest BCUT2D eigenvalue weighted by atomic mass is 10.0. The monoisotopic (exact) mass is 341 g/mol. The maximum Gasteiger partial charge on any atom is 0.0481 e. The van der Waals surface area contributed by atoms with E-state index in [1.54, 1.807) is 0 Å². The van der Waals surface area contributed by atoms with E-state index < -0.39 is 0 Å². The van der Waals surface area contributed by atoms with Gasteiger partial charge in [-0.2, -0.15) is 0 Å². The van der Waals surface area contributed by atoms with Crippen LogP contribution < -0.4 is 5.73 Å². The van der Waals surface area contributed by atoms with Gasteiger partial charge in [0.25, 0.3) is 0 Å². The molecule has 0 bridgehead atoms. The highest BCUT2D eigenvalue weighted by molar-refractivity contribution is 9.10. The fourth-order valence-electron chi connectivity index (χ4n) is 2.50. The van der Waals surface area contributed by atoms with Gasteiger partial charge in [0, 0.05) is 23.6 Å². The predicted molar refractivity (Wildman–Crippen MR) is 91.1 cm³/mol. The maximum atomic E-state index is 6.05. The Morgan fingerprint density at radius 3 is 2.45 bits per heavy atom. The number of nitrogens with zero attached hydrogens (tertiary/aromatic N) is 2. The van der Waals surface area contributed by atoms with Crippen molar-refractivity contribution in [3.63, 3.8) is 0 Å². The van der Waals surface area contributed by atoms with Gasteiger partial charge in [-0.05, 0) is 57.7 Å². The normalized spacial score (nSPS) is 13.2. The lowest BCUT2D eigenvalue weighted by Crippen LogP contribution is -2.35. The van der Waals surface area contributed by atoms with Gasteiger partial charge in [0.15, 0.2) is 0 Å². The quantitative estimate of drug-likeness (QED) is 0.788. The Labute approximate surface area is 132 Å². The lowest BCUT2D eigenvalue weighted by Gasteiger charge is -2.31. The molecule has 0 aliphatic carbocycles. The third-order valence-electron chi connectivity index (χ3n) is 3.64. The summed E-state index contributed by atoms with van der Waals surface area (Å²) in [4.78, 5) is 4.70. The van der Waals surface area contributed by atoms with Gasteiger partial charge in [-0.1, -0.05) is 35.0 Å². The summed E-state index contributed by atoms with van der Waals surface area (Å²) in [5.41, 5.74) is 8.61. The molecular formula is C16H28BrN3. The Morgan fingerprint density at radius 2 is 1.95 bits per heavy atom. The molecule has 1 aromatic carbocycles. The predicted octanol–water partition coefficient (Wildman–Crippen LogP) is 3.03. The number of rotatable bonds is 8. The van der Waals surface area contributed by atoms with E-state index in [1.165, 1.54) is 22.0 Å². The molecule has 1 aromatic rings. The first-order valence-corrected chi connectivity index (χ1v) is 8.13. The van der Waals surface area contributed by atoms with Gasteiger partial charge < -0.3 is 10.6 Å². The number of hydrogen-bond donors (Lipinski definition) is 1. The molecule has 3 nitrogen and oxygen atoms in total. The Hall–Kier alpha value is -0.420. The van der Waals surface area contributed by atoms with Gasteiger partial charge in [0.05, 0.1) is 0 Å². The van der Waals surface area contributed by atoms with Crippen molar-refractivity contribution in [2.24, 2.45) is 5.73 Å². The molecule has 0 aliphatic rings. The number of aryl methyl sites for hydroxylation is 1. The summed E-state index contributed by atoms with van der Waals surface area (Å²) in [5, 5.41) is 0. The largest absolute Gasteiger partial charge is 0.329 e. The molecule has 0 saturated heterocycles. The van der Waals surface area contributed by atoms with Gasteiger partial charge in [-0.3, -0.25) is 4.90 Å². The molecule has 114 valence electrons. The minimum atomic E-state index is 0.289. The number of benzene rings is 1. The summed E-state index contributed by atoms with van der Waals surface area (Å²) in [6.07, 6.45) is 1.17. The summed E-state index contributed by atoms with van der Waals surface area (Å²) in [6.45, 7) is 8.19. The van der Waals surface area contributed by atoms with E-state index in [0.29, 0.717) is 6.54 Å². The maximum absolute atomic E-state index is 6.05. The molecule has 1 atom stereocenters. The molecule has 2 N–H and O–H groups in total. The minimum Gasteiger partial charge on any atom is -0.329 e. The lowest BCUT2D eigenvalue weighted by molar-refractivity contribution is 0.201. The number of halogens is 1. The highest BCUT2D eigenvalue weighted by Crippen LogP contribution is 2.28. The van der Waals surface area contributed by atoms with Crippen molar-refractivity contribution in [2.75, 3.05) is 40.3 Å². The van der Waals surface area contributed by atoms with Crippen LogP contribution in [-0.2, 0) is 0 Å². The van der Waals surface area contributed by atoms with Crippen molar-refractivity contribution >= 4 is 15.9 Å². The molecule has 1 unspecified atom stereocenters. The highest BCUT2D eigenvalue weighted by atomic mass is 79.9. The first-order chi connectivity index (χ1) is 9.49. The van der Waals surface area contributed by atoms with Crippen LogP contribution >= 0.6 is 15.9 Å². The molecule has 1 rings (SSSR count). The Balaban J connectivity index is 2.80. The minimum absolute atomic E-state index is 0.289. The van der Waals surface area contributed by atoms with Crippen LogP contribution in [0.3, 0.4) is 0 Å². The van der Waals surface area contributed by atoms with Crippen molar-refractivity contribution in [1.29, 1.82) is 0 Å². The van der Waals surface area contributed by atoms with E-state index in [9.17, 15) is 0 Å². The van der Waals surface area contributed by atoms with E-state index in [1.807, 2.05) is 0 Å². The third-order valence-corrected chi connectivity index (χ3v) is 4.32.